The van der Waals surface area contributed by atoms with Crippen molar-refractivity contribution in [3.05, 3.63) is 163 Å². The van der Waals surface area contributed by atoms with Crippen LogP contribution in [0.4, 0.5) is 0 Å². The fourth-order valence-electron chi connectivity index (χ4n) is 6.51. The maximum absolute atomic E-state index is 8.63. The fourth-order valence-corrected chi connectivity index (χ4v) is 8.68. The average molecular weight is 918 g/mol. The molecule has 3 heterocycles. The second kappa shape index (κ2) is 15.6. The van der Waals surface area contributed by atoms with Gasteiger partial charge < -0.3 is 9.40 Å². The van der Waals surface area contributed by atoms with Crippen LogP contribution in [0.15, 0.2) is 144 Å². The van der Waals surface area contributed by atoms with Gasteiger partial charge in [0.25, 0.3) is 0 Å². The standard InChI is InChI=1S/C27H20NO.C20H20GeN.Ir/c1-2-7-18(8-3-1)20-13-14-22-23-11-6-12-24(27(23)29-25(22)17-20)26-21-10-5-4-9-19(21)15-16-28-26;1-21(2,3)19-12-13-20(22-15-19)18-11-7-10-17(14-18)16-8-5-4-6-9-16;/h1-3,6-8,11,13-17H,4-5,9-10H2;4-10,12-15H,1-3H3;/q2*-1;/i9D2,10D2;;. The van der Waals surface area contributed by atoms with Gasteiger partial charge in [0.05, 0.1) is 5.58 Å². The summed E-state index contributed by atoms with van der Waals surface area (Å²) in [6, 6.07) is 49.1. The molecular weight excluding hydrogens is 873 g/mol. The maximum atomic E-state index is 8.63. The summed E-state index contributed by atoms with van der Waals surface area (Å²) >= 11 is -1.79. The molecule has 0 N–H and O–H groups in total. The molecule has 0 atom stereocenters. The van der Waals surface area contributed by atoms with Crippen LogP contribution >= 0.6 is 0 Å². The Labute approximate surface area is 328 Å². The van der Waals surface area contributed by atoms with Gasteiger partial charge in [0, 0.05) is 37.2 Å². The number of rotatable bonds is 5. The molecule has 0 bridgehead atoms. The summed E-state index contributed by atoms with van der Waals surface area (Å²) in [6.45, 7) is 0. The SMILES string of the molecule is [2H]C1([2H])CCC([2H])([2H])c2c1ccnc2-c1[c-]ccc2c1oc1cc(-c3ccccc3)ccc12.[CH3][Ge]([CH3])([CH3])[c]1ccc(-c2[c-]ccc(-c3ccccc3)c2)nc1.[Ir]. The van der Waals surface area contributed by atoms with Crippen LogP contribution in [0.25, 0.3) is 66.7 Å². The molecule has 0 spiro atoms. The van der Waals surface area contributed by atoms with Gasteiger partial charge in [0.2, 0.25) is 0 Å². The molecule has 3 nitrogen and oxygen atoms in total. The third-order valence-electron chi connectivity index (χ3n) is 9.28. The summed E-state index contributed by atoms with van der Waals surface area (Å²) in [6.07, 6.45) is 0.548. The summed E-state index contributed by atoms with van der Waals surface area (Å²) < 4.78 is 41.9. The monoisotopic (exact) mass is 919 g/mol. The van der Waals surface area contributed by atoms with Crippen molar-refractivity contribution >= 4 is 39.6 Å². The quantitative estimate of drug-likeness (QED) is 0.128. The molecule has 1 aliphatic carbocycles. The Kier molecular flexibility index (Phi) is 9.26. The molecule has 9 rings (SSSR count). The van der Waals surface area contributed by atoms with E-state index in [2.05, 4.69) is 112 Å². The number of benzene rings is 5. The van der Waals surface area contributed by atoms with Crippen molar-refractivity contribution in [2.45, 2.75) is 42.9 Å². The number of furan rings is 1. The number of hydrogen-bond acceptors (Lipinski definition) is 3. The molecular formula is C47H40GeIrN2O-2. The van der Waals surface area contributed by atoms with Crippen molar-refractivity contribution in [3.8, 4) is 44.8 Å². The van der Waals surface area contributed by atoms with Gasteiger partial charge in [-0.15, -0.1) is 18.2 Å². The van der Waals surface area contributed by atoms with E-state index in [0.717, 1.165) is 38.7 Å². The summed E-state index contributed by atoms with van der Waals surface area (Å²) in [7, 11) is 0. The van der Waals surface area contributed by atoms with E-state index in [0.29, 0.717) is 28.0 Å². The molecule has 0 aliphatic heterocycles. The van der Waals surface area contributed by atoms with Crippen LogP contribution in [0.1, 0.15) is 29.5 Å². The molecule has 3 aromatic heterocycles. The van der Waals surface area contributed by atoms with Crippen LogP contribution < -0.4 is 4.40 Å². The summed E-state index contributed by atoms with van der Waals surface area (Å²) in [4.78, 5) is 9.18. The summed E-state index contributed by atoms with van der Waals surface area (Å²) in [5.41, 5.74) is 9.55. The molecule has 0 saturated heterocycles. The van der Waals surface area contributed by atoms with Crippen molar-refractivity contribution in [2.24, 2.45) is 0 Å². The van der Waals surface area contributed by atoms with Crippen molar-refractivity contribution in [1.82, 2.24) is 9.97 Å². The first-order valence-corrected chi connectivity index (χ1v) is 24.7. The van der Waals surface area contributed by atoms with Gasteiger partial charge in [-0.2, -0.15) is 0 Å². The Balaban J connectivity index is 0.000000183. The van der Waals surface area contributed by atoms with Gasteiger partial charge in [-0.3, -0.25) is 0 Å². The van der Waals surface area contributed by atoms with E-state index < -0.39 is 26.0 Å². The fraction of sp³-hybridized carbons (Fsp3) is 0.149. The van der Waals surface area contributed by atoms with E-state index in [1.54, 1.807) is 18.3 Å². The zero-order chi connectivity index (χ0) is 38.4. The maximum Gasteiger partial charge on any atom is 0 e. The first-order chi connectivity index (χ1) is 26.4. The van der Waals surface area contributed by atoms with Crippen molar-refractivity contribution in [1.29, 1.82) is 0 Å². The van der Waals surface area contributed by atoms with Gasteiger partial charge in [0.15, 0.2) is 0 Å². The average Bonchev–Trinajstić information content (AvgIpc) is 3.58. The van der Waals surface area contributed by atoms with Crippen LogP contribution in [-0.2, 0) is 32.9 Å². The van der Waals surface area contributed by atoms with Crippen LogP contribution in [0.3, 0.4) is 0 Å². The number of fused-ring (bicyclic) bond motifs is 4. The topological polar surface area (TPSA) is 38.9 Å². The number of hydrogen-bond donors (Lipinski definition) is 0. The first-order valence-electron chi connectivity index (χ1n) is 19.4. The number of pyridine rings is 2. The molecule has 5 aromatic carbocycles. The van der Waals surface area contributed by atoms with Crippen LogP contribution in [0, 0.1) is 12.1 Å². The van der Waals surface area contributed by atoms with Gasteiger partial charge in [-0.25, -0.2) is 0 Å². The molecule has 1 aliphatic rings. The van der Waals surface area contributed by atoms with Gasteiger partial charge in [-0.1, -0.05) is 64.5 Å². The first kappa shape index (κ1) is 31.0. The normalized spacial score (nSPS) is 15.5. The number of aryl methyl sites for hydroxylation is 1. The molecule has 0 fully saturated rings. The molecule has 52 heavy (non-hydrogen) atoms. The third-order valence-corrected chi connectivity index (χ3v) is 13.5. The number of aromatic nitrogens is 2. The van der Waals surface area contributed by atoms with Crippen LogP contribution in [0.5, 0.6) is 0 Å². The molecule has 1 radical (unpaired) electrons. The van der Waals surface area contributed by atoms with Crippen molar-refractivity contribution < 1.29 is 30.0 Å². The zero-order valence-electron chi connectivity index (χ0n) is 33.3. The Morgan fingerprint density at radius 3 is 2.10 bits per heavy atom. The third kappa shape index (κ3) is 7.48. The zero-order valence-corrected chi connectivity index (χ0v) is 33.8. The molecule has 259 valence electrons. The Bertz CT molecular complexity index is 2640. The van der Waals surface area contributed by atoms with E-state index in [1.165, 1.54) is 15.5 Å². The van der Waals surface area contributed by atoms with Crippen LogP contribution in [-0.4, -0.2) is 23.2 Å². The van der Waals surface area contributed by atoms with Gasteiger partial charge in [0.1, 0.15) is 5.58 Å². The van der Waals surface area contributed by atoms with E-state index in [-0.39, 0.29) is 32.9 Å². The van der Waals surface area contributed by atoms with Crippen molar-refractivity contribution in [3.63, 3.8) is 0 Å². The Morgan fingerprint density at radius 1 is 0.673 bits per heavy atom. The van der Waals surface area contributed by atoms with E-state index >= 15 is 0 Å². The van der Waals surface area contributed by atoms with E-state index in [1.807, 2.05) is 48.5 Å². The van der Waals surface area contributed by atoms with Crippen molar-refractivity contribution in [2.75, 3.05) is 0 Å². The van der Waals surface area contributed by atoms with Gasteiger partial charge >= 0.3 is 135 Å². The predicted molar refractivity (Wildman–Crippen MR) is 215 cm³/mol. The molecule has 8 aromatic rings. The van der Waals surface area contributed by atoms with E-state index in [4.69, 9.17) is 9.90 Å². The van der Waals surface area contributed by atoms with E-state index in [9.17, 15) is 0 Å². The van der Waals surface area contributed by atoms with Crippen LogP contribution in [0.2, 0.25) is 17.3 Å². The predicted octanol–water partition coefficient (Wildman–Crippen LogP) is 11.8. The minimum absolute atomic E-state index is 0. The second-order valence-corrected chi connectivity index (χ2v) is 24.4. The minimum atomic E-state index is -1.79. The summed E-state index contributed by atoms with van der Waals surface area (Å²) in [5.74, 6) is 7.16. The largest absolute Gasteiger partial charge is 0 e. The summed E-state index contributed by atoms with van der Waals surface area (Å²) in [5, 5.41) is 1.86. The Morgan fingerprint density at radius 2 is 1.38 bits per heavy atom. The molecule has 5 heteroatoms. The smallest absolute Gasteiger partial charge is 0 e. The molecule has 0 unspecified atom stereocenters. The van der Waals surface area contributed by atoms with Gasteiger partial charge in [-0.05, 0) is 54.5 Å². The number of nitrogens with zero attached hydrogens (tertiary/aromatic N) is 2. The molecule has 0 saturated carbocycles. The molecule has 0 amide bonds. The second-order valence-electron chi connectivity index (χ2n) is 13.7. The minimum Gasteiger partial charge on any atom is 0 e. The Hall–Kier alpha value is -4.61.